The fourth-order valence-corrected chi connectivity index (χ4v) is 2.84. The molecule has 8 nitrogen and oxygen atoms in total. The average Bonchev–Trinajstić information content (AvgIpc) is 3.22. The van der Waals surface area contributed by atoms with Crippen molar-refractivity contribution in [3.8, 4) is 0 Å². The number of hydrogen-bond acceptors (Lipinski definition) is 5. The summed E-state index contributed by atoms with van der Waals surface area (Å²) in [6, 6.07) is 5.43. The van der Waals surface area contributed by atoms with Crippen LogP contribution in [0.15, 0.2) is 18.2 Å². The lowest BCUT2D eigenvalue weighted by atomic mass is 10.2. The summed E-state index contributed by atoms with van der Waals surface area (Å²) >= 11 is 0. The number of aromatic nitrogens is 2. The SMILES string of the molecule is CCOC(=O)Nc1ccc2c(c1)nc(CNC(=O)[C@@H]1CCCO1)n2C. The molecule has 0 aliphatic carbocycles. The van der Waals surface area contributed by atoms with Crippen LogP contribution in [-0.2, 0) is 27.9 Å². The largest absolute Gasteiger partial charge is 0.450 e. The second kappa shape index (κ2) is 7.52. The Kier molecular flexibility index (Phi) is 5.18. The molecule has 1 atom stereocenters. The first-order chi connectivity index (χ1) is 12.1. The lowest BCUT2D eigenvalue weighted by Crippen LogP contribution is -2.34. The van der Waals surface area contributed by atoms with Gasteiger partial charge >= 0.3 is 6.09 Å². The monoisotopic (exact) mass is 346 g/mol. The van der Waals surface area contributed by atoms with Crippen molar-refractivity contribution in [2.24, 2.45) is 7.05 Å². The number of nitrogens with one attached hydrogen (secondary N) is 2. The number of ether oxygens (including phenoxy) is 2. The minimum atomic E-state index is -0.498. The highest BCUT2D eigenvalue weighted by Gasteiger charge is 2.23. The summed E-state index contributed by atoms with van der Waals surface area (Å²) in [6.45, 7) is 3.02. The number of fused-ring (bicyclic) bond motifs is 1. The van der Waals surface area contributed by atoms with Gasteiger partial charge in [0.2, 0.25) is 5.91 Å². The standard InChI is InChI=1S/C17H22N4O4/c1-3-24-17(23)19-11-6-7-13-12(9-11)20-15(21(13)2)10-18-16(22)14-5-4-8-25-14/h6-7,9,14H,3-5,8,10H2,1-2H3,(H,18,22)(H,19,23)/t14-/m0/s1. The first-order valence-electron chi connectivity index (χ1n) is 8.37. The number of carbonyl (C=O) groups excluding carboxylic acids is 2. The van der Waals surface area contributed by atoms with Crippen LogP contribution in [0, 0.1) is 0 Å². The highest BCUT2D eigenvalue weighted by atomic mass is 16.5. The van der Waals surface area contributed by atoms with E-state index in [-0.39, 0.29) is 12.0 Å². The van der Waals surface area contributed by atoms with E-state index >= 15 is 0 Å². The Morgan fingerprint density at radius 1 is 1.44 bits per heavy atom. The Hall–Kier alpha value is -2.61. The Morgan fingerprint density at radius 2 is 2.28 bits per heavy atom. The van der Waals surface area contributed by atoms with E-state index in [4.69, 9.17) is 9.47 Å². The van der Waals surface area contributed by atoms with Gasteiger partial charge in [0.15, 0.2) is 0 Å². The maximum absolute atomic E-state index is 12.0. The third-order valence-electron chi connectivity index (χ3n) is 4.14. The molecule has 1 aliphatic rings. The molecule has 2 heterocycles. The number of anilines is 1. The molecule has 0 spiro atoms. The molecule has 3 rings (SSSR count). The molecule has 25 heavy (non-hydrogen) atoms. The van der Waals surface area contributed by atoms with Gasteiger partial charge in [-0.3, -0.25) is 10.1 Å². The van der Waals surface area contributed by atoms with Crippen molar-refractivity contribution in [2.75, 3.05) is 18.5 Å². The van der Waals surface area contributed by atoms with Crippen molar-refractivity contribution in [1.29, 1.82) is 0 Å². The Labute approximate surface area is 145 Å². The molecular weight excluding hydrogens is 324 g/mol. The first kappa shape index (κ1) is 17.2. The molecule has 1 fully saturated rings. The van der Waals surface area contributed by atoms with Gasteiger partial charge in [-0.15, -0.1) is 0 Å². The van der Waals surface area contributed by atoms with Crippen molar-refractivity contribution in [2.45, 2.75) is 32.4 Å². The topological polar surface area (TPSA) is 94.5 Å². The highest BCUT2D eigenvalue weighted by Crippen LogP contribution is 2.20. The van der Waals surface area contributed by atoms with Crippen molar-refractivity contribution < 1.29 is 19.1 Å². The Bertz CT molecular complexity index is 780. The molecule has 8 heteroatoms. The summed E-state index contributed by atoms with van der Waals surface area (Å²) in [4.78, 5) is 28.1. The van der Waals surface area contributed by atoms with E-state index < -0.39 is 6.09 Å². The molecule has 0 saturated carbocycles. The van der Waals surface area contributed by atoms with Crippen LogP contribution < -0.4 is 10.6 Å². The highest BCUT2D eigenvalue weighted by molar-refractivity contribution is 5.89. The van der Waals surface area contributed by atoms with Crippen LogP contribution in [0.4, 0.5) is 10.5 Å². The van der Waals surface area contributed by atoms with Gasteiger partial charge in [-0.25, -0.2) is 9.78 Å². The number of rotatable bonds is 5. The molecule has 2 N–H and O–H groups in total. The van der Waals surface area contributed by atoms with E-state index in [1.807, 2.05) is 17.7 Å². The summed E-state index contributed by atoms with van der Waals surface area (Å²) < 4.78 is 12.2. The minimum Gasteiger partial charge on any atom is -0.450 e. The molecule has 1 aromatic carbocycles. The summed E-state index contributed by atoms with van der Waals surface area (Å²) in [5, 5.41) is 5.52. The number of imidazole rings is 1. The Morgan fingerprint density at radius 3 is 3.00 bits per heavy atom. The zero-order valence-electron chi connectivity index (χ0n) is 14.4. The first-order valence-corrected chi connectivity index (χ1v) is 8.37. The van der Waals surface area contributed by atoms with E-state index in [1.165, 1.54) is 0 Å². The van der Waals surface area contributed by atoms with Gasteiger partial charge in [0.1, 0.15) is 11.9 Å². The molecule has 0 bridgehead atoms. The van der Waals surface area contributed by atoms with Crippen molar-refractivity contribution in [3.05, 3.63) is 24.0 Å². The third kappa shape index (κ3) is 3.90. The number of nitrogens with zero attached hydrogens (tertiary/aromatic N) is 2. The maximum Gasteiger partial charge on any atom is 0.411 e. The minimum absolute atomic E-state index is 0.103. The lowest BCUT2D eigenvalue weighted by Gasteiger charge is -2.10. The third-order valence-corrected chi connectivity index (χ3v) is 4.14. The van der Waals surface area contributed by atoms with Crippen LogP contribution in [-0.4, -0.2) is 40.9 Å². The second-order valence-electron chi connectivity index (χ2n) is 5.86. The molecule has 0 unspecified atom stereocenters. The second-order valence-corrected chi connectivity index (χ2v) is 5.86. The number of aryl methyl sites for hydroxylation is 1. The number of hydrogen-bond donors (Lipinski definition) is 2. The quantitative estimate of drug-likeness (QED) is 0.863. The molecule has 1 aliphatic heterocycles. The van der Waals surface area contributed by atoms with Crippen LogP contribution in [0.2, 0.25) is 0 Å². The maximum atomic E-state index is 12.0. The van der Waals surface area contributed by atoms with Crippen molar-refractivity contribution in [3.63, 3.8) is 0 Å². The molecule has 1 saturated heterocycles. The van der Waals surface area contributed by atoms with Crippen LogP contribution in [0.1, 0.15) is 25.6 Å². The van der Waals surface area contributed by atoms with Crippen LogP contribution in [0.25, 0.3) is 11.0 Å². The molecule has 134 valence electrons. The molecule has 1 aromatic heterocycles. The van der Waals surface area contributed by atoms with Gasteiger partial charge in [0.25, 0.3) is 0 Å². The number of amides is 2. The van der Waals surface area contributed by atoms with E-state index in [1.54, 1.807) is 19.1 Å². The van der Waals surface area contributed by atoms with E-state index in [9.17, 15) is 9.59 Å². The van der Waals surface area contributed by atoms with Crippen molar-refractivity contribution >= 4 is 28.7 Å². The van der Waals surface area contributed by atoms with Crippen LogP contribution >= 0.6 is 0 Å². The zero-order chi connectivity index (χ0) is 17.8. The van der Waals surface area contributed by atoms with Gasteiger partial charge in [0, 0.05) is 19.3 Å². The summed E-state index contributed by atoms with van der Waals surface area (Å²) in [7, 11) is 1.89. The number of benzene rings is 1. The van der Waals surface area contributed by atoms with Gasteiger partial charge in [-0.1, -0.05) is 0 Å². The zero-order valence-corrected chi connectivity index (χ0v) is 14.4. The molecular formula is C17H22N4O4. The molecule has 0 radical (unpaired) electrons. The van der Waals surface area contributed by atoms with Crippen molar-refractivity contribution in [1.82, 2.24) is 14.9 Å². The van der Waals surface area contributed by atoms with Crippen LogP contribution in [0.5, 0.6) is 0 Å². The van der Waals surface area contributed by atoms with Crippen LogP contribution in [0.3, 0.4) is 0 Å². The predicted molar refractivity (Wildman–Crippen MR) is 92.2 cm³/mol. The van der Waals surface area contributed by atoms with E-state index in [0.717, 1.165) is 29.7 Å². The predicted octanol–water partition coefficient (Wildman–Crippen LogP) is 1.94. The fourth-order valence-electron chi connectivity index (χ4n) is 2.84. The van der Waals surface area contributed by atoms with E-state index in [0.29, 0.717) is 25.4 Å². The van der Waals surface area contributed by atoms with E-state index in [2.05, 4.69) is 15.6 Å². The summed E-state index contributed by atoms with van der Waals surface area (Å²) in [6.07, 6.45) is 0.828. The summed E-state index contributed by atoms with van der Waals surface area (Å²) in [5.74, 6) is 0.629. The lowest BCUT2D eigenvalue weighted by molar-refractivity contribution is -0.130. The number of carbonyl (C=O) groups is 2. The summed E-state index contributed by atoms with van der Waals surface area (Å²) in [5.41, 5.74) is 2.26. The van der Waals surface area contributed by atoms with Gasteiger partial charge in [-0.05, 0) is 38.0 Å². The molecule has 2 aromatic rings. The normalized spacial score (nSPS) is 16.8. The van der Waals surface area contributed by atoms with Gasteiger partial charge in [-0.2, -0.15) is 0 Å². The fraction of sp³-hybridized carbons (Fsp3) is 0.471. The van der Waals surface area contributed by atoms with Gasteiger partial charge < -0.3 is 19.4 Å². The smallest absolute Gasteiger partial charge is 0.411 e. The van der Waals surface area contributed by atoms with Gasteiger partial charge in [0.05, 0.1) is 24.2 Å². The Balaban J connectivity index is 1.70. The average molecular weight is 346 g/mol. The molecule has 2 amide bonds.